The van der Waals surface area contributed by atoms with Crippen LogP contribution in [0.5, 0.6) is 0 Å². The number of amides is 3. The number of nitrogens with zero attached hydrogens (tertiary/aromatic N) is 1. The molecule has 0 saturated carbocycles. The van der Waals surface area contributed by atoms with Crippen molar-refractivity contribution in [2.75, 3.05) is 0 Å². The highest BCUT2D eigenvalue weighted by atomic mass is 16.4. The van der Waals surface area contributed by atoms with E-state index in [4.69, 9.17) is 9.52 Å². The van der Waals surface area contributed by atoms with E-state index in [0.717, 1.165) is 5.69 Å². The summed E-state index contributed by atoms with van der Waals surface area (Å²) in [6, 6.07) is -0.668. The second-order valence-corrected chi connectivity index (χ2v) is 4.23. The highest BCUT2D eigenvalue weighted by Gasteiger charge is 2.10. The number of aliphatic carboxylic acids is 1. The molecule has 1 heterocycles. The zero-order chi connectivity index (χ0) is 15.1. The SMILES string of the molecule is Cc1nc(CNC(=O)NC(=O)CCCC(=O)O)oc1C. The van der Waals surface area contributed by atoms with Gasteiger partial charge in [-0.3, -0.25) is 14.9 Å². The molecule has 0 aromatic carbocycles. The lowest BCUT2D eigenvalue weighted by Crippen LogP contribution is -2.39. The Hall–Kier alpha value is -2.38. The van der Waals surface area contributed by atoms with E-state index in [1.165, 1.54) is 0 Å². The lowest BCUT2D eigenvalue weighted by molar-refractivity contribution is -0.137. The smallest absolute Gasteiger partial charge is 0.321 e. The molecule has 20 heavy (non-hydrogen) atoms. The first kappa shape index (κ1) is 15.7. The topological polar surface area (TPSA) is 122 Å². The maximum Gasteiger partial charge on any atom is 0.321 e. The van der Waals surface area contributed by atoms with Gasteiger partial charge in [0, 0.05) is 12.8 Å². The minimum Gasteiger partial charge on any atom is -0.481 e. The number of nitrogens with one attached hydrogen (secondary N) is 2. The highest BCUT2D eigenvalue weighted by Crippen LogP contribution is 2.07. The largest absolute Gasteiger partial charge is 0.481 e. The fourth-order valence-corrected chi connectivity index (χ4v) is 1.40. The van der Waals surface area contributed by atoms with Crippen LogP contribution in [0.4, 0.5) is 4.79 Å². The van der Waals surface area contributed by atoms with Gasteiger partial charge in [0.25, 0.3) is 0 Å². The highest BCUT2D eigenvalue weighted by molar-refractivity contribution is 5.94. The summed E-state index contributed by atoms with van der Waals surface area (Å²) in [7, 11) is 0. The molecule has 1 aromatic heterocycles. The Morgan fingerprint density at radius 1 is 1.25 bits per heavy atom. The number of carboxylic acids is 1. The molecule has 0 saturated heterocycles. The van der Waals surface area contributed by atoms with Crippen LogP contribution in [0.2, 0.25) is 0 Å². The van der Waals surface area contributed by atoms with Crippen molar-refractivity contribution in [2.45, 2.75) is 39.7 Å². The molecule has 3 amide bonds. The van der Waals surface area contributed by atoms with Gasteiger partial charge in [0.1, 0.15) is 5.76 Å². The van der Waals surface area contributed by atoms with Crippen molar-refractivity contribution >= 4 is 17.9 Å². The van der Waals surface area contributed by atoms with Gasteiger partial charge in [-0.05, 0) is 20.3 Å². The predicted octanol–water partition coefficient (Wildman–Crippen LogP) is 0.872. The molecule has 1 rings (SSSR count). The van der Waals surface area contributed by atoms with Gasteiger partial charge >= 0.3 is 12.0 Å². The van der Waals surface area contributed by atoms with Crippen LogP contribution in [0.25, 0.3) is 0 Å². The van der Waals surface area contributed by atoms with E-state index in [1.807, 2.05) is 0 Å². The number of urea groups is 1. The van der Waals surface area contributed by atoms with E-state index < -0.39 is 17.9 Å². The molecule has 0 aliphatic heterocycles. The van der Waals surface area contributed by atoms with Crippen molar-refractivity contribution in [3.8, 4) is 0 Å². The van der Waals surface area contributed by atoms with Crippen LogP contribution in [-0.2, 0) is 16.1 Å². The number of rotatable bonds is 6. The van der Waals surface area contributed by atoms with Gasteiger partial charge in [0.05, 0.1) is 12.2 Å². The average Bonchev–Trinajstić information content (AvgIpc) is 2.66. The molecule has 1 aromatic rings. The molecule has 8 nitrogen and oxygen atoms in total. The maximum atomic E-state index is 11.4. The first-order valence-corrected chi connectivity index (χ1v) is 6.11. The fourth-order valence-electron chi connectivity index (χ4n) is 1.40. The minimum atomic E-state index is -0.975. The summed E-state index contributed by atoms with van der Waals surface area (Å²) in [6.07, 6.45) is 0.0629. The Balaban J connectivity index is 2.26. The number of hydrogen-bond donors (Lipinski definition) is 3. The second-order valence-electron chi connectivity index (χ2n) is 4.23. The Kier molecular flexibility index (Phi) is 5.70. The van der Waals surface area contributed by atoms with Crippen molar-refractivity contribution in [3.63, 3.8) is 0 Å². The summed E-state index contributed by atoms with van der Waals surface area (Å²) in [5, 5.41) is 12.9. The quantitative estimate of drug-likeness (QED) is 0.712. The van der Waals surface area contributed by atoms with Crippen LogP contribution in [0.1, 0.15) is 36.6 Å². The summed E-state index contributed by atoms with van der Waals surface area (Å²) >= 11 is 0. The van der Waals surface area contributed by atoms with E-state index in [0.29, 0.717) is 11.7 Å². The van der Waals surface area contributed by atoms with Crippen LogP contribution in [0.3, 0.4) is 0 Å². The number of imide groups is 1. The van der Waals surface area contributed by atoms with Gasteiger partial charge < -0.3 is 14.8 Å². The Morgan fingerprint density at radius 2 is 1.95 bits per heavy atom. The Morgan fingerprint density at radius 3 is 2.50 bits per heavy atom. The molecule has 3 N–H and O–H groups in total. The van der Waals surface area contributed by atoms with Gasteiger partial charge in [-0.25, -0.2) is 9.78 Å². The third kappa shape index (κ3) is 5.51. The second kappa shape index (κ2) is 7.27. The van der Waals surface area contributed by atoms with Crippen molar-refractivity contribution < 1.29 is 23.9 Å². The molecule has 0 bridgehead atoms. The van der Waals surface area contributed by atoms with E-state index in [1.54, 1.807) is 13.8 Å². The number of hydrogen-bond acceptors (Lipinski definition) is 5. The van der Waals surface area contributed by atoms with Crippen molar-refractivity contribution in [3.05, 3.63) is 17.3 Å². The summed E-state index contributed by atoms with van der Waals surface area (Å²) in [4.78, 5) is 37.0. The molecule has 0 spiro atoms. The van der Waals surface area contributed by atoms with Crippen molar-refractivity contribution in [1.82, 2.24) is 15.6 Å². The molecular weight excluding hydrogens is 266 g/mol. The standard InChI is InChI=1S/C12H17N3O5/c1-7-8(2)20-10(14-7)6-13-12(19)15-9(16)4-3-5-11(17)18/h3-6H2,1-2H3,(H,17,18)(H2,13,15,16,19). The molecule has 8 heteroatoms. The average molecular weight is 283 g/mol. The number of carbonyl (C=O) groups is 3. The van der Waals surface area contributed by atoms with E-state index in [9.17, 15) is 14.4 Å². The van der Waals surface area contributed by atoms with E-state index >= 15 is 0 Å². The van der Waals surface area contributed by atoms with Crippen LogP contribution in [0.15, 0.2) is 4.42 Å². The maximum absolute atomic E-state index is 11.4. The summed E-state index contributed by atoms with van der Waals surface area (Å²) in [5.41, 5.74) is 0.743. The molecule has 0 unspecified atom stereocenters. The fraction of sp³-hybridized carbons (Fsp3) is 0.500. The van der Waals surface area contributed by atoms with E-state index in [2.05, 4.69) is 15.6 Å². The number of aryl methyl sites for hydroxylation is 2. The molecule has 0 aliphatic carbocycles. The monoisotopic (exact) mass is 283 g/mol. The van der Waals surface area contributed by atoms with Crippen LogP contribution in [-0.4, -0.2) is 28.0 Å². The number of carboxylic acid groups (broad SMARTS) is 1. The summed E-state index contributed by atoms with van der Waals surface area (Å²) in [6.45, 7) is 3.62. The number of oxazole rings is 1. The van der Waals surface area contributed by atoms with Crippen LogP contribution < -0.4 is 10.6 Å². The van der Waals surface area contributed by atoms with Crippen molar-refractivity contribution in [1.29, 1.82) is 0 Å². The van der Waals surface area contributed by atoms with Gasteiger partial charge in [0.15, 0.2) is 0 Å². The van der Waals surface area contributed by atoms with Gasteiger partial charge in [-0.1, -0.05) is 0 Å². The van der Waals surface area contributed by atoms with Gasteiger partial charge in [0.2, 0.25) is 11.8 Å². The van der Waals surface area contributed by atoms with Gasteiger partial charge in [-0.2, -0.15) is 0 Å². The lowest BCUT2D eigenvalue weighted by Gasteiger charge is -2.04. The molecule has 0 fully saturated rings. The molecule has 110 valence electrons. The molecule has 0 atom stereocenters. The first-order valence-electron chi connectivity index (χ1n) is 6.11. The minimum absolute atomic E-state index is 0.0169. The lowest BCUT2D eigenvalue weighted by atomic mass is 10.2. The third-order valence-electron chi connectivity index (χ3n) is 2.52. The molecule has 0 aliphatic rings. The normalized spacial score (nSPS) is 10.1. The Labute approximate surface area is 115 Å². The van der Waals surface area contributed by atoms with E-state index in [-0.39, 0.29) is 25.8 Å². The first-order chi connectivity index (χ1) is 9.38. The molecular formula is C12H17N3O5. The van der Waals surface area contributed by atoms with Crippen LogP contribution in [0, 0.1) is 13.8 Å². The predicted molar refractivity (Wildman–Crippen MR) is 67.8 cm³/mol. The third-order valence-corrected chi connectivity index (χ3v) is 2.52. The summed E-state index contributed by atoms with van der Waals surface area (Å²) < 4.78 is 5.26. The van der Waals surface area contributed by atoms with Crippen molar-refractivity contribution in [2.24, 2.45) is 0 Å². The Bertz CT molecular complexity index is 490. The molecule has 0 radical (unpaired) electrons. The number of carbonyl (C=O) groups excluding carboxylic acids is 2. The van der Waals surface area contributed by atoms with Crippen LogP contribution >= 0.6 is 0 Å². The van der Waals surface area contributed by atoms with Gasteiger partial charge in [-0.15, -0.1) is 0 Å². The summed E-state index contributed by atoms with van der Waals surface area (Å²) in [5.74, 6) is -0.471. The number of aromatic nitrogens is 1. The zero-order valence-corrected chi connectivity index (χ0v) is 11.4. The zero-order valence-electron chi connectivity index (χ0n) is 11.4.